The molecule has 1 N–H and O–H groups in total. The van der Waals surface area contributed by atoms with Crippen molar-refractivity contribution in [2.24, 2.45) is 0 Å². The number of rotatable bonds is 7. The van der Waals surface area contributed by atoms with Crippen molar-refractivity contribution < 1.29 is 19.1 Å². The smallest absolute Gasteiger partial charge is 0.339 e. The van der Waals surface area contributed by atoms with Crippen molar-refractivity contribution in [2.45, 2.75) is 13.8 Å². The molecule has 0 saturated heterocycles. The minimum Gasteiger partial charge on any atom is -0.452 e. The molecule has 0 aliphatic carbocycles. The van der Waals surface area contributed by atoms with E-state index >= 15 is 0 Å². The lowest BCUT2D eigenvalue weighted by atomic mass is 10.1. The average Bonchev–Trinajstić information content (AvgIpc) is 2.63. The van der Waals surface area contributed by atoms with E-state index in [1.54, 1.807) is 19.1 Å². The van der Waals surface area contributed by atoms with Gasteiger partial charge in [0, 0.05) is 13.1 Å². The van der Waals surface area contributed by atoms with Crippen LogP contribution in [0.25, 0.3) is 10.8 Å². The number of hydrogen-bond acceptors (Lipinski definition) is 4. The third kappa shape index (κ3) is 4.79. The maximum atomic E-state index is 12.3. The Morgan fingerprint density at radius 3 is 2.48 bits per heavy atom. The van der Waals surface area contributed by atoms with E-state index in [9.17, 15) is 14.4 Å². The summed E-state index contributed by atoms with van der Waals surface area (Å²) in [7, 11) is 0. The van der Waals surface area contributed by atoms with Crippen LogP contribution in [0.3, 0.4) is 0 Å². The maximum absolute atomic E-state index is 12.3. The molecule has 0 fully saturated rings. The second kappa shape index (κ2) is 8.82. The number of benzene rings is 2. The predicted molar refractivity (Wildman–Crippen MR) is 95.2 cm³/mol. The van der Waals surface area contributed by atoms with Crippen molar-refractivity contribution in [2.75, 3.05) is 26.2 Å². The monoisotopic (exact) mass is 342 g/mol. The van der Waals surface area contributed by atoms with E-state index in [4.69, 9.17) is 4.74 Å². The molecule has 0 atom stereocenters. The Hall–Kier alpha value is -2.89. The third-order valence-electron chi connectivity index (χ3n) is 3.78. The lowest BCUT2D eigenvalue weighted by molar-refractivity contribution is -0.138. The van der Waals surface area contributed by atoms with Crippen LogP contribution in [0.15, 0.2) is 42.5 Å². The summed E-state index contributed by atoms with van der Waals surface area (Å²) in [5, 5.41) is 4.34. The van der Waals surface area contributed by atoms with E-state index in [1.165, 1.54) is 4.90 Å². The zero-order valence-corrected chi connectivity index (χ0v) is 14.5. The number of amides is 2. The highest BCUT2D eigenvalue weighted by Crippen LogP contribution is 2.19. The molecule has 6 heteroatoms. The molecule has 132 valence electrons. The summed E-state index contributed by atoms with van der Waals surface area (Å²) in [6.45, 7) is 4.00. The van der Waals surface area contributed by atoms with Crippen LogP contribution in [0, 0.1) is 0 Å². The molecule has 0 aliphatic heterocycles. The number of carbonyl (C=O) groups is 3. The number of fused-ring (bicyclic) bond motifs is 1. The number of nitrogens with zero attached hydrogens (tertiary/aromatic N) is 1. The first-order chi connectivity index (χ1) is 12.1. The van der Waals surface area contributed by atoms with Crippen molar-refractivity contribution in [3.8, 4) is 0 Å². The van der Waals surface area contributed by atoms with Crippen LogP contribution in [0.2, 0.25) is 0 Å². The van der Waals surface area contributed by atoms with E-state index in [1.807, 2.05) is 37.3 Å². The summed E-state index contributed by atoms with van der Waals surface area (Å²) >= 11 is 0. The fourth-order valence-electron chi connectivity index (χ4n) is 2.50. The standard InChI is InChI=1S/C19H22N2O4/c1-3-20-17(22)12-21(4-2)18(23)13-25-19(24)16-11-7-9-14-8-5-6-10-15(14)16/h5-11H,3-4,12-13H2,1-2H3,(H,20,22). The summed E-state index contributed by atoms with van der Waals surface area (Å²) in [5.74, 6) is -1.19. The van der Waals surface area contributed by atoms with Gasteiger partial charge in [-0.2, -0.15) is 0 Å². The predicted octanol–water partition coefficient (Wildman–Crippen LogP) is 1.98. The molecule has 2 aromatic rings. The van der Waals surface area contributed by atoms with Crippen molar-refractivity contribution in [3.05, 3.63) is 48.0 Å². The van der Waals surface area contributed by atoms with Gasteiger partial charge in [0.15, 0.2) is 6.61 Å². The molecule has 2 aromatic carbocycles. The first-order valence-electron chi connectivity index (χ1n) is 8.26. The Kier molecular flexibility index (Phi) is 6.51. The Bertz CT molecular complexity index is 768. The third-order valence-corrected chi connectivity index (χ3v) is 3.78. The van der Waals surface area contributed by atoms with Gasteiger partial charge in [-0.25, -0.2) is 4.79 Å². The summed E-state index contributed by atoms with van der Waals surface area (Å²) in [5.41, 5.74) is 0.415. The van der Waals surface area contributed by atoms with Gasteiger partial charge in [-0.1, -0.05) is 36.4 Å². The lowest BCUT2D eigenvalue weighted by Gasteiger charge is -2.20. The Balaban J connectivity index is 2.00. The van der Waals surface area contributed by atoms with Crippen LogP contribution in [0.1, 0.15) is 24.2 Å². The fraction of sp³-hybridized carbons (Fsp3) is 0.316. The molecule has 2 amide bonds. The first-order valence-corrected chi connectivity index (χ1v) is 8.26. The molecular weight excluding hydrogens is 320 g/mol. The SMILES string of the molecule is CCNC(=O)CN(CC)C(=O)COC(=O)c1cccc2ccccc12. The molecule has 0 aromatic heterocycles. The summed E-state index contributed by atoms with van der Waals surface area (Å²) in [6, 6.07) is 12.8. The Morgan fingerprint density at radius 1 is 1.04 bits per heavy atom. The van der Waals surface area contributed by atoms with Gasteiger partial charge in [-0.15, -0.1) is 0 Å². The zero-order valence-electron chi connectivity index (χ0n) is 14.5. The van der Waals surface area contributed by atoms with E-state index < -0.39 is 18.5 Å². The van der Waals surface area contributed by atoms with Gasteiger partial charge >= 0.3 is 5.97 Å². The quantitative estimate of drug-likeness (QED) is 0.781. The van der Waals surface area contributed by atoms with Crippen molar-refractivity contribution in [3.63, 3.8) is 0 Å². The van der Waals surface area contributed by atoms with Gasteiger partial charge in [0.05, 0.1) is 12.1 Å². The minimum atomic E-state index is -0.556. The van der Waals surface area contributed by atoms with E-state index in [2.05, 4.69) is 5.32 Å². The number of hydrogen-bond donors (Lipinski definition) is 1. The minimum absolute atomic E-state index is 0.0466. The van der Waals surface area contributed by atoms with Gasteiger partial charge in [0.2, 0.25) is 5.91 Å². The zero-order chi connectivity index (χ0) is 18.2. The highest BCUT2D eigenvalue weighted by molar-refractivity contribution is 6.05. The molecule has 0 radical (unpaired) electrons. The van der Waals surface area contributed by atoms with Gasteiger partial charge in [-0.05, 0) is 30.7 Å². The fourth-order valence-corrected chi connectivity index (χ4v) is 2.50. The van der Waals surface area contributed by atoms with Gasteiger partial charge in [-0.3, -0.25) is 9.59 Å². The summed E-state index contributed by atoms with van der Waals surface area (Å²) in [6.07, 6.45) is 0. The normalized spacial score (nSPS) is 10.3. The van der Waals surface area contributed by atoms with Crippen molar-refractivity contribution in [1.29, 1.82) is 0 Å². The molecule has 6 nitrogen and oxygen atoms in total. The van der Waals surface area contributed by atoms with E-state index in [-0.39, 0.29) is 12.5 Å². The molecule has 0 aliphatic rings. The van der Waals surface area contributed by atoms with Crippen LogP contribution < -0.4 is 5.32 Å². The Morgan fingerprint density at radius 2 is 1.76 bits per heavy atom. The van der Waals surface area contributed by atoms with Gasteiger partial charge in [0.1, 0.15) is 0 Å². The highest BCUT2D eigenvalue weighted by atomic mass is 16.5. The van der Waals surface area contributed by atoms with Crippen molar-refractivity contribution in [1.82, 2.24) is 10.2 Å². The molecule has 2 rings (SSSR count). The number of nitrogens with one attached hydrogen (secondary N) is 1. The number of ether oxygens (including phenoxy) is 1. The molecular formula is C19H22N2O4. The molecule has 0 bridgehead atoms. The highest BCUT2D eigenvalue weighted by Gasteiger charge is 2.18. The molecule has 0 heterocycles. The van der Waals surface area contributed by atoms with Crippen molar-refractivity contribution >= 4 is 28.6 Å². The largest absolute Gasteiger partial charge is 0.452 e. The van der Waals surface area contributed by atoms with Crippen LogP contribution in [-0.4, -0.2) is 48.9 Å². The summed E-state index contributed by atoms with van der Waals surface area (Å²) in [4.78, 5) is 37.5. The number of likely N-dealkylation sites (N-methyl/N-ethyl adjacent to an activating group) is 2. The number of carbonyl (C=O) groups excluding carboxylic acids is 3. The van der Waals surface area contributed by atoms with Crippen LogP contribution >= 0.6 is 0 Å². The second-order valence-corrected chi connectivity index (χ2v) is 5.46. The van der Waals surface area contributed by atoms with Gasteiger partial charge in [0.25, 0.3) is 5.91 Å². The maximum Gasteiger partial charge on any atom is 0.339 e. The topological polar surface area (TPSA) is 75.7 Å². The first kappa shape index (κ1) is 18.4. The van der Waals surface area contributed by atoms with Crippen LogP contribution in [0.4, 0.5) is 0 Å². The number of esters is 1. The molecule has 0 spiro atoms. The summed E-state index contributed by atoms with van der Waals surface area (Å²) < 4.78 is 5.16. The van der Waals surface area contributed by atoms with Crippen LogP contribution in [0.5, 0.6) is 0 Å². The Labute approximate surface area is 146 Å². The molecule has 25 heavy (non-hydrogen) atoms. The lowest BCUT2D eigenvalue weighted by Crippen LogP contribution is -2.42. The second-order valence-electron chi connectivity index (χ2n) is 5.46. The molecule has 0 unspecified atom stereocenters. The average molecular weight is 342 g/mol. The van der Waals surface area contributed by atoms with Gasteiger partial charge < -0.3 is 15.0 Å². The van der Waals surface area contributed by atoms with E-state index in [0.29, 0.717) is 18.7 Å². The van der Waals surface area contributed by atoms with E-state index in [0.717, 1.165) is 10.8 Å². The van der Waals surface area contributed by atoms with Crippen LogP contribution in [-0.2, 0) is 14.3 Å². The molecule has 0 saturated carbocycles.